The molecule has 0 aliphatic rings. The van der Waals surface area contributed by atoms with Gasteiger partial charge in [-0.25, -0.2) is 0 Å². The first kappa shape index (κ1) is 14.8. The molecule has 0 bridgehead atoms. The van der Waals surface area contributed by atoms with Gasteiger partial charge in [0.05, 0.1) is 15.9 Å². The number of amides is 1. The molecule has 20 heavy (non-hydrogen) atoms. The average molecular weight is 340 g/mol. The van der Waals surface area contributed by atoms with E-state index in [1.165, 1.54) is 0 Å². The van der Waals surface area contributed by atoms with Crippen molar-refractivity contribution in [2.45, 2.75) is 20.4 Å². The monoisotopic (exact) mass is 339 g/mol. The van der Waals surface area contributed by atoms with Crippen LogP contribution in [0, 0.1) is 13.8 Å². The van der Waals surface area contributed by atoms with Crippen molar-refractivity contribution in [3.8, 4) is 0 Å². The molecular formula is C13H18BrN5O. The third kappa shape index (κ3) is 2.63. The molecular weight excluding hydrogens is 322 g/mol. The van der Waals surface area contributed by atoms with E-state index in [0.29, 0.717) is 12.2 Å². The minimum atomic E-state index is -0.0665. The van der Waals surface area contributed by atoms with Crippen molar-refractivity contribution in [1.82, 2.24) is 24.5 Å². The standard InChI is InChI=1S/C13H18BrN5O/c1-8-10(7-18(4)15-8)6-17(3)13(20)12-11(14)9(2)16-19(12)5/h7H,6H2,1-5H3. The number of hydrogen-bond donors (Lipinski definition) is 0. The Hall–Kier alpha value is -1.63. The summed E-state index contributed by atoms with van der Waals surface area (Å²) in [7, 11) is 5.43. The van der Waals surface area contributed by atoms with Crippen LogP contribution in [0.5, 0.6) is 0 Å². The van der Waals surface area contributed by atoms with Crippen LogP contribution in [0.3, 0.4) is 0 Å². The lowest BCUT2D eigenvalue weighted by atomic mass is 10.2. The third-order valence-electron chi connectivity index (χ3n) is 3.22. The molecule has 0 radical (unpaired) electrons. The van der Waals surface area contributed by atoms with E-state index in [0.717, 1.165) is 21.4 Å². The van der Waals surface area contributed by atoms with E-state index in [-0.39, 0.29) is 5.91 Å². The zero-order valence-electron chi connectivity index (χ0n) is 12.3. The first-order valence-corrected chi connectivity index (χ1v) is 7.04. The van der Waals surface area contributed by atoms with Gasteiger partial charge in [-0.1, -0.05) is 0 Å². The van der Waals surface area contributed by atoms with Crippen LogP contribution >= 0.6 is 15.9 Å². The first-order valence-electron chi connectivity index (χ1n) is 6.25. The molecule has 2 heterocycles. The lowest BCUT2D eigenvalue weighted by molar-refractivity contribution is 0.0773. The molecule has 0 saturated carbocycles. The maximum atomic E-state index is 12.5. The fraction of sp³-hybridized carbons (Fsp3) is 0.462. The molecule has 7 heteroatoms. The number of nitrogens with zero attached hydrogens (tertiary/aromatic N) is 5. The Morgan fingerprint density at radius 1 is 1.30 bits per heavy atom. The van der Waals surface area contributed by atoms with Gasteiger partial charge in [-0.3, -0.25) is 14.2 Å². The molecule has 0 fully saturated rings. The number of carbonyl (C=O) groups excluding carboxylic acids is 1. The van der Waals surface area contributed by atoms with E-state index in [1.54, 1.807) is 28.4 Å². The van der Waals surface area contributed by atoms with E-state index >= 15 is 0 Å². The topological polar surface area (TPSA) is 56.0 Å². The normalized spacial score (nSPS) is 10.9. The molecule has 0 unspecified atom stereocenters. The minimum Gasteiger partial charge on any atom is -0.336 e. The van der Waals surface area contributed by atoms with Crippen molar-refractivity contribution in [3.05, 3.63) is 33.3 Å². The molecule has 0 saturated heterocycles. The molecule has 0 aromatic carbocycles. The van der Waals surface area contributed by atoms with Gasteiger partial charge in [-0.2, -0.15) is 10.2 Å². The summed E-state index contributed by atoms with van der Waals surface area (Å²) >= 11 is 3.43. The molecule has 0 aliphatic carbocycles. The van der Waals surface area contributed by atoms with Crippen LogP contribution in [0.2, 0.25) is 0 Å². The van der Waals surface area contributed by atoms with Crippen LogP contribution in [0.15, 0.2) is 10.7 Å². The van der Waals surface area contributed by atoms with Crippen LogP contribution in [-0.2, 0) is 20.6 Å². The molecule has 0 atom stereocenters. The maximum absolute atomic E-state index is 12.5. The van der Waals surface area contributed by atoms with Gasteiger partial charge in [0.25, 0.3) is 5.91 Å². The summed E-state index contributed by atoms with van der Waals surface area (Å²) in [6.45, 7) is 4.33. The number of rotatable bonds is 3. The quantitative estimate of drug-likeness (QED) is 0.856. The van der Waals surface area contributed by atoms with E-state index < -0.39 is 0 Å². The Bertz CT molecular complexity index is 658. The Morgan fingerprint density at radius 2 is 1.95 bits per heavy atom. The summed E-state index contributed by atoms with van der Waals surface area (Å²) in [6, 6.07) is 0. The van der Waals surface area contributed by atoms with Crippen molar-refractivity contribution in [1.29, 1.82) is 0 Å². The third-order valence-corrected chi connectivity index (χ3v) is 4.17. The van der Waals surface area contributed by atoms with E-state index in [1.807, 2.05) is 27.1 Å². The van der Waals surface area contributed by atoms with E-state index in [4.69, 9.17) is 0 Å². The van der Waals surface area contributed by atoms with Gasteiger partial charge >= 0.3 is 0 Å². The highest BCUT2D eigenvalue weighted by Crippen LogP contribution is 2.22. The predicted molar refractivity (Wildman–Crippen MR) is 79.4 cm³/mol. The molecule has 0 spiro atoms. The van der Waals surface area contributed by atoms with Crippen molar-refractivity contribution in [3.63, 3.8) is 0 Å². The summed E-state index contributed by atoms with van der Waals surface area (Å²) in [6.07, 6.45) is 1.93. The maximum Gasteiger partial charge on any atom is 0.273 e. The molecule has 2 rings (SSSR count). The van der Waals surface area contributed by atoms with Crippen molar-refractivity contribution < 1.29 is 4.79 Å². The lowest BCUT2D eigenvalue weighted by Crippen LogP contribution is -2.28. The number of halogens is 1. The van der Waals surface area contributed by atoms with Gasteiger partial charge in [-0.15, -0.1) is 0 Å². The molecule has 108 valence electrons. The van der Waals surface area contributed by atoms with Crippen LogP contribution in [0.25, 0.3) is 0 Å². The predicted octanol–water partition coefficient (Wildman–Crippen LogP) is 1.81. The SMILES string of the molecule is Cc1nn(C)cc1CN(C)C(=O)c1c(Br)c(C)nn1C. The van der Waals surface area contributed by atoms with Crippen molar-refractivity contribution in [2.75, 3.05) is 7.05 Å². The molecule has 2 aromatic rings. The average Bonchev–Trinajstić information content (AvgIpc) is 2.79. The highest BCUT2D eigenvalue weighted by molar-refractivity contribution is 9.10. The van der Waals surface area contributed by atoms with E-state index in [2.05, 4.69) is 26.1 Å². The van der Waals surface area contributed by atoms with Gasteiger partial charge in [0.15, 0.2) is 0 Å². The highest BCUT2D eigenvalue weighted by Gasteiger charge is 2.22. The summed E-state index contributed by atoms with van der Waals surface area (Å²) < 4.78 is 4.11. The van der Waals surface area contributed by atoms with Crippen LogP contribution < -0.4 is 0 Å². The van der Waals surface area contributed by atoms with Gasteiger partial charge in [-0.05, 0) is 29.8 Å². The van der Waals surface area contributed by atoms with Gasteiger partial charge in [0.1, 0.15) is 5.69 Å². The Balaban J connectivity index is 2.23. The number of carbonyl (C=O) groups is 1. The Morgan fingerprint density at radius 3 is 2.40 bits per heavy atom. The number of aromatic nitrogens is 4. The fourth-order valence-corrected chi connectivity index (χ4v) is 2.68. The van der Waals surface area contributed by atoms with Crippen molar-refractivity contribution >= 4 is 21.8 Å². The van der Waals surface area contributed by atoms with Crippen LogP contribution in [0.4, 0.5) is 0 Å². The van der Waals surface area contributed by atoms with Gasteiger partial charge in [0, 0.05) is 39.4 Å². The molecule has 2 aromatic heterocycles. The Labute approximate surface area is 126 Å². The number of aryl methyl sites for hydroxylation is 4. The zero-order valence-corrected chi connectivity index (χ0v) is 13.9. The van der Waals surface area contributed by atoms with E-state index in [9.17, 15) is 4.79 Å². The smallest absolute Gasteiger partial charge is 0.273 e. The van der Waals surface area contributed by atoms with Crippen LogP contribution in [0.1, 0.15) is 27.4 Å². The minimum absolute atomic E-state index is 0.0665. The molecule has 6 nitrogen and oxygen atoms in total. The Kier molecular flexibility index (Phi) is 3.99. The number of hydrogen-bond acceptors (Lipinski definition) is 3. The van der Waals surface area contributed by atoms with Gasteiger partial charge in [0.2, 0.25) is 0 Å². The molecule has 1 amide bonds. The second kappa shape index (κ2) is 5.40. The molecule has 0 aliphatic heterocycles. The largest absolute Gasteiger partial charge is 0.336 e. The molecule has 0 N–H and O–H groups in total. The second-order valence-corrected chi connectivity index (χ2v) is 5.74. The summed E-state index contributed by atoms with van der Waals surface area (Å²) in [5.74, 6) is -0.0665. The fourth-order valence-electron chi connectivity index (χ4n) is 2.18. The second-order valence-electron chi connectivity index (χ2n) is 4.95. The summed E-state index contributed by atoms with van der Waals surface area (Å²) in [5.41, 5.74) is 3.35. The summed E-state index contributed by atoms with van der Waals surface area (Å²) in [4.78, 5) is 14.2. The van der Waals surface area contributed by atoms with Crippen LogP contribution in [-0.4, -0.2) is 37.4 Å². The summed E-state index contributed by atoms with van der Waals surface area (Å²) in [5, 5.41) is 8.54. The highest BCUT2D eigenvalue weighted by atomic mass is 79.9. The van der Waals surface area contributed by atoms with Gasteiger partial charge < -0.3 is 4.90 Å². The zero-order chi connectivity index (χ0) is 15.0. The first-order chi connectivity index (χ1) is 9.31. The lowest BCUT2D eigenvalue weighted by Gasteiger charge is -2.17. The van der Waals surface area contributed by atoms with Crippen molar-refractivity contribution in [2.24, 2.45) is 14.1 Å².